The molecule has 3 aliphatic rings. The fourth-order valence-corrected chi connectivity index (χ4v) is 7.47. The Labute approximate surface area is 250 Å². The number of carbonyl (C=O) groups excluding carboxylic acids is 1. The Balaban J connectivity index is 1.13. The lowest BCUT2D eigenvalue weighted by atomic mass is 9.91. The van der Waals surface area contributed by atoms with Gasteiger partial charge in [0.25, 0.3) is 5.91 Å². The number of rotatable bonds is 8. The number of morpholine rings is 1. The lowest BCUT2D eigenvalue weighted by Crippen LogP contribution is -2.63. The van der Waals surface area contributed by atoms with Crippen molar-refractivity contribution in [1.82, 2.24) is 29.8 Å². The van der Waals surface area contributed by atoms with Crippen molar-refractivity contribution in [3.8, 4) is 16.9 Å². The number of ether oxygens (including phenoxy) is 2. The zero-order valence-electron chi connectivity index (χ0n) is 23.9. The van der Waals surface area contributed by atoms with E-state index in [1.54, 1.807) is 36.1 Å². The molecular formula is C30H33N7O5S. The van der Waals surface area contributed by atoms with E-state index in [-0.39, 0.29) is 24.1 Å². The molecule has 13 heteroatoms. The number of pyridine rings is 3. The van der Waals surface area contributed by atoms with Crippen molar-refractivity contribution in [3.05, 3.63) is 66.2 Å². The number of hydrogen-bond donors (Lipinski definition) is 3. The number of nitrogens with one attached hydrogen (secondary N) is 2. The van der Waals surface area contributed by atoms with Crippen LogP contribution < -0.4 is 15.4 Å². The third kappa shape index (κ3) is 5.21. The molecule has 2 aliphatic heterocycles. The Hall–Kier alpha value is -4.07. The Kier molecular flexibility index (Phi) is 7.02. The van der Waals surface area contributed by atoms with E-state index < -0.39 is 15.6 Å². The minimum absolute atomic E-state index is 0.00959. The molecule has 0 radical (unpaired) electrons. The number of anilines is 2. The number of aryl methyl sites for hydroxylation is 1. The topological polar surface area (TPSA) is 140 Å². The zero-order valence-corrected chi connectivity index (χ0v) is 24.8. The third-order valence-electron chi connectivity index (χ3n) is 8.57. The maximum absolute atomic E-state index is 12.1. The Morgan fingerprint density at radius 2 is 1.86 bits per heavy atom. The summed E-state index contributed by atoms with van der Waals surface area (Å²) in [5.74, 6) is 1.61. The summed E-state index contributed by atoms with van der Waals surface area (Å²) in [6, 6.07) is 11.3. The van der Waals surface area contributed by atoms with Gasteiger partial charge >= 0.3 is 0 Å². The Morgan fingerprint density at radius 1 is 1.07 bits per heavy atom. The molecule has 2 bridgehead atoms. The van der Waals surface area contributed by atoms with Crippen LogP contribution in [-0.4, -0.2) is 82.1 Å². The molecule has 0 spiro atoms. The molecule has 1 saturated carbocycles. The quantitative estimate of drug-likeness (QED) is 0.258. The highest BCUT2D eigenvalue weighted by Crippen LogP contribution is 2.49. The largest absolute Gasteiger partial charge is 0.488 e. The lowest BCUT2D eigenvalue weighted by Gasteiger charge is -2.50. The van der Waals surface area contributed by atoms with Crippen molar-refractivity contribution >= 4 is 33.8 Å². The van der Waals surface area contributed by atoms with Crippen LogP contribution in [0.3, 0.4) is 0 Å². The molecule has 224 valence electrons. The van der Waals surface area contributed by atoms with Gasteiger partial charge in [0.05, 0.1) is 24.9 Å². The first-order chi connectivity index (χ1) is 20.8. The van der Waals surface area contributed by atoms with E-state index in [4.69, 9.17) is 9.47 Å². The highest BCUT2D eigenvalue weighted by atomic mass is 32.2. The molecule has 1 aliphatic carbocycles. The number of hydrogen-bond acceptors (Lipinski definition) is 10. The Morgan fingerprint density at radius 3 is 2.58 bits per heavy atom. The Bertz CT molecular complexity index is 1760. The average molecular weight is 604 g/mol. The van der Waals surface area contributed by atoms with Gasteiger partial charge in [-0.1, -0.05) is 0 Å². The molecule has 2 saturated heterocycles. The second-order valence-electron chi connectivity index (χ2n) is 11.5. The number of piperidine rings is 1. The summed E-state index contributed by atoms with van der Waals surface area (Å²) in [7, 11) is -0.939. The van der Waals surface area contributed by atoms with Gasteiger partial charge in [0.15, 0.2) is 16.5 Å². The van der Waals surface area contributed by atoms with Crippen LogP contribution in [0.4, 0.5) is 11.6 Å². The summed E-state index contributed by atoms with van der Waals surface area (Å²) in [6.45, 7) is 2.98. The molecule has 3 fully saturated rings. The van der Waals surface area contributed by atoms with Gasteiger partial charge in [-0.3, -0.25) is 14.7 Å². The zero-order chi connectivity index (χ0) is 29.7. The van der Waals surface area contributed by atoms with Crippen molar-refractivity contribution in [2.24, 2.45) is 0 Å². The summed E-state index contributed by atoms with van der Waals surface area (Å²) in [5.41, 5.74) is 4.12. The van der Waals surface area contributed by atoms with E-state index in [1.165, 1.54) is 0 Å². The normalized spacial score (nSPS) is 22.8. The van der Waals surface area contributed by atoms with Crippen LogP contribution in [0, 0.1) is 6.92 Å². The van der Waals surface area contributed by atoms with E-state index in [1.807, 2.05) is 37.4 Å². The van der Waals surface area contributed by atoms with Gasteiger partial charge in [0, 0.05) is 67.3 Å². The van der Waals surface area contributed by atoms with Gasteiger partial charge < -0.3 is 20.1 Å². The molecule has 7 rings (SSSR count). The van der Waals surface area contributed by atoms with Crippen LogP contribution in [0.5, 0.6) is 5.75 Å². The van der Waals surface area contributed by atoms with Gasteiger partial charge in [0.1, 0.15) is 22.5 Å². The van der Waals surface area contributed by atoms with Crippen LogP contribution in [-0.2, 0) is 15.4 Å². The van der Waals surface area contributed by atoms with E-state index in [9.17, 15) is 13.2 Å². The summed E-state index contributed by atoms with van der Waals surface area (Å²) in [4.78, 5) is 22.4. The van der Waals surface area contributed by atoms with E-state index in [0.717, 1.165) is 22.3 Å². The maximum Gasteiger partial charge on any atom is 0.251 e. The molecule has 1 amide bonds. The molecule has 43 heavy (non-hydrogen) atoms. The van der Waals surface area contributed by atoms with Crippen LogP contribution >= 0.6 is 0 Å². The van der Waals surface area contributed by atoms with Gasteiger partial charge in [-0.05, 0) is 55.7 Å². The fourth-order valence-electron chi connectivity index (χ4n) is 6.47. The van der Waals surface area contributed by atoms with Crippen LogP contribution in [0.15, 0.2) is 55.0 Å². The minimum Gasteiger partial charge on any atom is -0.488 e. The van der Waals surface area contributed by atoms with Gasteiger partial charge in [-0.15, -0.1) is 0 Å². The predicted octanol–water partition coefficient (Wildman–Crippen LogP) is 2.92. The predicted molar refractivity (Wildman–Crippen MR) is 160 cm³/mol. The van der Waals surface area contributed by atoms with E-state index in [0.29, 0.717) is 61.8 Å². The first-order valence-electron chi connectivity index (χ1n) is 14.4. The van der Waals surface area contributed by atoms with Gasteiger partial charge in [-0.2, -0.15) is 5.10 Å². The molecule has 3 atom stereocenters. The molecule has 4 aromatic rings. The van der Waals surface area contributed by atoms with Crippen molar-refractivity contribution in [3.63, 3.8) is 0 Å². The minimum atomic E-state index is -2.53. The average Bonchev–Trinajstić information content (AvgIpc) is 3.71. The van der Waals surface area contributed by atoms with Crippen molar-refractivity contribution in [2.75, 3.05) is 25.6 Å². The fraction of sp³-hybridized carbons (Fsp3) is 0.400. The second-order valence-corrected chi connectivity index (χ2v) is 12.8. The highest BCUT2D eigenvalue weighted by molar-refractivity contribution is 7.74. The number of nitrogens with zero attached hydrogens (tertiary/aromatic N) is 5. The van der Waals surface area contributed by atoms with Gasteiger partial charge in [-0.25, -0.2) is 17.9 Å². The van der Waals surface area contributed by atoms with Crippen molar-refractivity contribution < 1.29 is 22.7 Å². The maximum atomic E-state index is 12.1. The van der Waals surface area contributed by atoms with Gasteiger partial charge in [0.2, 0.25) is 0 Å². The lowest BCUT2D eigenvalue weighted by molar-refractivity contribution is -0.110. The molecule has 2 N–H and O–H groups in total. The monoisotopic (exact) mass is 603 g/mol. The van der Waals surface area contributed by atoms with E-state index in [2.05, 4.69) is 30.6 Å². The molecule has 0 unspecified atom stereocenters. The number of amides is 1. The van der Waals surface area contributed by atoms with E-state index >= 15 is 0 Å². The summed E-state index contributed by atoms with van der Waals surface area (Å²) < 4.78 is 38.5. The van der Waals surface area contributed by atoms with Crippen molar-refractivity contribution in [1.29, 1.82) is 0 Å². The van der Waals surface area contributed by atoms with Crippen molar-refractivity contribution in [2.45, 2.75) is 55.7 Å². The first-order valence-corrected chi connectivity index (χ1v) is 15.6. The smallest absolute Gasteiger partial charge is 0.251 e. The van der Waals surface area contributed by atoms with Crippen LogP contribution in [0.25, 0.3) is 16.6 Å². The summed E-state index contributed by atoms with van der Waals surface area (Å²) in [6.07, 6.45) is 7.95. The summed E-state index contributed by atoms with van der Waals surface area (Å²) in [5, 5.41) is 10.4. The number of fused-ring (bicyclic) bond motifs is 3. The molecule has 0 aromatic carbocycles. The standard InChI is InChI=1S/C30H33N7O5S/c1-18-9-25(19-4-8-36-21(10-19)14-28(35-36)34-27-11-20(3-7-32-27)29(38)31-2)26(15-33-18)42-24-12-22-16-41-17-23(13-24)37(22)30(5-6-30)43(39)40/h3-4,7-11,14-15,22-24,43H,5-6,12-13,16-17H2,1-2H3,(H,31,38)(H,32,34,35)/t22-,23+,24-. The SMILES string of the molecule is CNC(=O)c1ccnc(Nc2cc3cc(-c4cc(C)ncc4O[C@H]4C[C@H]5COC[C@@H](C4)N5C4([SH](=O)=O)CC4)ccn3n2)c1. The van der Waals surface area contributed by atoms with Crippen LogP contribution in [0.2, 0.25) is 0 Å². The molecule has 6 heterocycles. The number of aromatic nitrogens is 4. The number of carbonyl (C=O) groups is 1. The van der Waals surface area contributed by atoms with Crippen LogP contribution in [0.1, 0.15) is 41.7 Å². The molecular weight excluding hydrogens is 570 g/mol. The molecule has 4 aromatic heterocycles. The first kappa shape index (κ1) is 27.7. The second kappa shape index (κ2) is 10.9. The third-order valence-corrected chi connectivity index (χ3v) is 9.93. The highest BCUT2D eigenvalue weighted by Gasteiger charge is 2.59. The molecule has 12 nitrogen and oxygen atoms in total. The number of thiol groups is 1. The summed E-state index contributed by atoms with van der Waals surface area (Å²) >= 11 is 0.